The van der Waals surface area contributed by atoms with E-state index in [1.54, 1.807) is 64.2 Å². The van der Waals surface area contributed by atoms with Crippen molar-refractivity contribution < 1.29 is 0 Å². The van der Waals surface area contributed by atoms with Gasteiger partial charge in [0.1, 0.15) is 0 Å². The van der Waals surface area contributed by atoms with Crippen molar-refractivity contribution in [2.75, 3.05) is 20.1 Å². The Kier molecular flexibility index (Phi) is 18.1. The Morgan fingerprint density at radius 1 is 0.500 bits per heavy atom. The van der Waals surface area contributed by atoms with Crippen molar-refractivity contribution in [3.63, 3.8) is 0 Å². The van der Waals surface area contributed by atoms with Crippen LogP contribution in [0.4, 0.5) is 0 Å². The maximum absolute atomic E-state index is 2.42. The van der Waals surface area contributed by atoms with Gasteiger partial charge >= 0.3 is 0 Å². The first-order chi connectivity index (χ1) is 15.7. The minimum atomic E-state index is 1.10. The minimum Gasteiger partial charge on any atom is -0.306 e. The van der Waals surface area contributed by atoms with Crippen LogP contribution >= 0.6 is 0 Å². The molecule has 1 heterocycles. The smallest absolute Gasteiger partial charge is 0.00218 e. The lowest BCUT2D eigenvalue weighted by Crippen LogP contribution is -2.26. The van der Waals surface area contributed by atoms with Gasteiger partial charge in [-0.25, -0.2) is 0 Å². The average molecular weight is 450 g/mol. The maximum atomic E-state index is 2.42. The molecule has 4 aliphatic carbocycles. The SMILES string of the molecule is C1CC2CCCC(C1)C2.CC.CC.CCC1CC2CCCC(C1)C2.CN1CCCCCC1. The fourth-order valence-corrected chi connectivity index (χ4v) is 7.05. The normalized spacial score (nSPS) is 33.8. The zero-order valence-corrected chi connectivity index (χ0v) is 23.5. The Hall–Kier alpha value is -0.0400. The molecule has 2 unspecified atom stereocenters. The summed E-state index contributed by atoms with van der Waals surface area (Å²) in [7, 11) is 2.21. The van der Waals surface area contributed by atoms with E-state index in [9.17, 15) is 0 Å². The van der Waals surface area contributed by atoms with Crippen LogP contribution in [0, 0.1) is 29.6 Å². The van der Waals surface area contributed by atoms with Crippen molar-refractivity contribution in [2.24, 2.45) is 29.6 Å². The second-order valence-corrected chi connectivity index (χ2v) is 11.2. The number of hydrogen-bond donors (Lipinski definition) is 0. The zero-order valence-electron chi connectivity index (χ0n) is 23.5. The molecule has 1 saturated heterocycles. The molecule has 0 N–H and O–H groups in total. The fraction of sp³-hybridized carbons (Fsp3) is 1.00. The summed E-state index contributed by atoms with van der Waals surface area (Å²) >= 11 is 0. The van der Waals surface area contributed by atoms with E-state index in [0.29, 0.717) is 0 Å². The zero-order chi connectivity index (χ0) is 23.6. The van der Waals surface area contributed by atoms with Crippen LogP contribution in [0.25, 0.3) is 0 Å². The van der Waals surface area contributed by atoms with Gasteiger partial charge in [-0.1, -0.05) is 112 Å². The molecule has 1 aliphatic heterocycles. The van der Waals surface area contributed by atoms with Crippen molar-refractivity contribution in [3.05, 3.63) is 0 Å². The second-order valence-electron chi connectivity index (χ2n) is 11.2. The van der Waals surface area contributed by atoms with Crippen LogP contribution in [0.15, 0.2) is 0 Å². The summed E-state index contributed by atoms with van der Waals surface area (Å²) in [5, 5.41) is 0. The van der Waals surface area contributed by atoms with Crippen molar-refractivity contribution in [3.8, 4) is 0 Å². The van der Waals surface area contributed by atoms with Crippen LogP contribution < -0.4 is 0 Å². The first-order valence-electron chi connectivity index (χ1n) is 15.4. The molecule has 5 fully saturated rings. The summed E-state index contributed by atoms with van der Waals surface area (Å²) in [6, 6.07) is 0. The molecule has 2 atom stereocenters. The minimum absolute atomic E-state index is 1.10. The molecule has 32 heavy (non-hydrogen) atoms. The number of hydrogen-bond acceptors (Lipinski definition) is 1. The fourth-order valence-electron chi connectivity index (χ4n) is 7.05. The molecule has 0 amide bonds. The summed E-state index contributed by atoms with van der Waals surface area (Å²) < 4.78 is 0. The van der Waals surface area contributed by atoms with Gasteiger partial charge in [-0.15, -0.1) is 0 Å². The first-order valence-corrected chi connectivity index (χ1v) is 15.4. The van der Waals surface area contributed by atoms with Crippen molar-refractivity contribution >= 4 is 0 Å². The van der Waals surface area contributed by atoms with E-state index in [4.69, 9.17) is 0 Å². The topological polar surface area (TPSA) is 3.24 Å². The largest absolute Gasteiger partial charge is 0.306 e. The highest BCUT2D eigenvalue weighted by molar-refractivity contribution is 4.82. The van der Waals surface area contributed by atoms with Gasteiger partial charge in [0.25, 0.3) is 0 Å². The molecule has 0 radical (unpaired) electrons. The Balaban J connectivity index is 0.000000225. The summed E-state index contributed by atoms with van der Waals surface area (Å²) in [6.07, 6.45) is 27.4. The average Bonchev–Trinajstić information content (AvgIpc) is 3.10. The summed E-state index contributed by atoms with van der Waals surface area (Å²) in [5.41, 5.74) is 0. The lowest BCUT2D eigenvalue weighted by molar-refractivity contribution is 0.135. The predicted molar refractivity (Wildman–Crippen MR) is 146 cm³/mol. The van der Waals surface area contributed by atoms with Crippen LogP contribution in [-0.2, 0) is 0 Å². The molecule has 5 aliphatic rings. The van der Waals surface area contributed by atoms with Gasteiger partial charge in [-0.05, 0) is 88.3 Å². The van der Waals surface area contributed by atoms with Crippen molar-refractivity contribution in [1.82, 2.24) is 4.90 Å². The van der Waals surface area contributed by atoms with Gasteiger partial charge in [0, 0.05) is 0 Å². The maximum Gasteiger partial charge on any atom is -0.00218 e. The van der Waals surface area contributed by atoms with E-state index in [0.717, 1.165) is 29.6 Å². The molecular weight excluding hydrogens is 386 g/mol. The number of rotatable bonds is 1. The van der Waals surface area contributed by atoms with Gasteiger partial charge in [0.15, 0.2) is 0 Å². The molecule has 0 aromatic rings. The Bertz CT molecular complexity index is 365. The number of nitrogens with zero attached hydrogens (tertiary/aromatic N) is 1. The third kappa shape index (κ3) is 12.4. The van der Waals surface area contributed by atoms with Gasteiger partial charge in [0.2, 0.25) is 0 Å². The standard InChI is InChI=1S/C11H20.C9H16.C7H15N.2C2H6/c1-2-9-6-10-4-3-5-11(7-9)8-10;1-3-8-5-2-6-9(4-1)7-8;1-8-6-4-2-3-5-7-8;2*1-2/h9-11H,2-8H2,1H3;8-9H,1-7H2;2-7H2,1H3;2*1-2H3. The quantitative estimate of drug-likeness (QED) is 0.385. The molecular formula is C31H63N. The molecule has 5 rings (SSSR count). The number of fused-ring (bicyclic) bond motifs is 4. The Morgan fingerprint density at radius 2 is 0.875 bits per heavy atom. The molecule has 0 spiro atoms. The lowest BCUT2D eigenvalue weighted by atomic mass is 9.67. The van der Waals surface area contributed by atoms with Gasteiger partial charge < -0.3 is 4.90 Å². The van der Waals surface area contributed by atoms with Gasteiger partial charge in [0.05, 0.1) is 0 Å². The molecule has 0 aromatic heterocycles. The van der Waals surface area contributed by atoms with Gasteiger partial charge in [-0.3, -0.25) is 0 Å². The predicted octanol–water partition coefficient (Wildman–Crippen LogP) is 10.1. The highest BCUT2D eigenvalue weighted by Gasteiger charge is 2.30. The third-order valence-electron chi connectivity index (χ3n) is 8.75. The van der Waals surface area contributed by atoms with E-state index in [1.165, 1.54) is 64.5 Å². The molecule has 192 valence electrons. The van der Waals surface area contributed by atoms with E-state index in [1.807, 2.05) is 27.7 Å². The summed E-state index contributed by atoms with van der Waals surface area (Å²) in [4.78, 5) is 2.42. The monoisotopic (exact) mass is 449 g/mol. The van der Waals surface area contributed by atoms with Crippen molar-refractivity contribution in [2.45, 2.75) is 150 Å². The van der Waals surface area contributed by atoms with Crippen LogP contribution in [0.3, 0.4) is 0 Å². The lowest BCUT2D eigenvalue weighted by Gasteiger charge is -2.38. The number of likely N-dealkylation sites (tertiary alicyclic amines) is 1. The first kappa shape index (κ1) is 30.0. The van der Waals surface area contributed by atoms with E-state index >= 15 is 0 Å². The van der Waals surface area contributed by atoms with E-state index in [2.05, 4.69) is 18.9 Å². The van der Waals surface area contributed by atoms with Crippen LogP contribution in [0.5, 0.6) is 0 Å². The molecule has 4 bridgehead atoms. The second kappa shape index (κ2) is 19.3. The summed E-state index contributed by atoms with van der Waals surface area (Å²) in [5.74, 6) is 5.66. The Morgan fingerprint density at radius 3 is 1.25 bits per heavy atom. The van der Waals surface area contributed by atoms with Crippen LogP contribution in [0.1, 0.15) is 150 Å². The molecule has 4 saturated carbocycles. The molecule has 0 aromatic carbocycles. The molecule has 1 nitrogen and oxygen atoms in total. The molecule has 1 heteroatoms. The Labute approximate surface area is 204 Å². The van der Waals surface area contributed by atoms with Gasteiger partial charge in [-0.2, -0.15) is 0 Å². The third-order valence-corrected chi connectivity index (χ3v) is 8.75. The highest BCUT2D eigenvalue weighted by Crippen LogP contribution is 2.43. The van der Waals surface area contributed by atoms with E-state index in [-0.39, 0.29) is 0 Å². The van der Waals surface area contributed by atoms with Crippen LogP contribution in [0.2, 0.25) is 0 Å². The summed E-state index contributed by atoms with van der Waals surface area (Å²) in [6.45, 7) is 13.0. The van der Waals surface area contributed by atoms with Crippen molar-refractivity contribution in [1.29, 1.82) is 0 Å². The highest BCUT2D eigenvalue weighted by atomic mass is 15.1. The van der Waals surface area contributed by atoms with E-state index < -0.39 is 0 Å². The van der Waals surface area contributed by atoms with Crippen LogP contribution in [-0.4, -0.2) is 25.0 Å².